The maximum absolute atomic E-state index is 13.0. The molecule has 1 heterocycles. The number of aliphatic hydroxyl groups is 1. The number of aliphatic imine (C=N–C) groups is 1. The third kappa shape index (κ3) is 10.8. The zero-order valence-corrected chi connectivity index (χ0v) is 19.3. The van der Waals surface area contributed by atoms with E-state index < -0.39 is 66.8 Å². The lowest BCUT2D eigenvalue weighted by Crippen LogP contribution is -2.58. The third-order valence-electron chi connectivity index (χ3n) is 4.75. The van der Waals surface area contributed by atoms with Crippen LogP contribution in [0.15, 0.2) is 17.5 Å². The predicted molar refractivity (Wildman–Crippen MR) is 125 cm³/mol. The molecule has 1 aromatic rings. The van der Waals surface area contributed by atoms with Crippen LogP contribution in [-0.2, 0) is 30.4 Å². The Morgan fingerprint density at radius 2 is 1.61 bits per heavy atom. The van der Waals surface area contributed by atoms with Crippen LogP contribution >= 0.6 is 0 Å². The van der Waals surface area contributed by atoms with Crippen LogP contribution < -0.4 is 38.9 Å². The number of carboxylic acid groups (broad SMARTS) is 1. The Morgan fingerprint density at radius 1 is 1.00 bits per heavy atom. The molecule has 14 N–H and O–H groups in total. The summed E-state index contributed by atoms with van der Waals surface area (Å²) in [4.78, 5) is 71.0. The van der Waals surface area contributed by atoms with Crippen molar-refractivity contribution in [3.8, 4) is 0 Å². The van der Waals surface area contributed by atoms with Gasteiger partial charge in [-0.05, 0) is 12.8 Å². The van der Waals surface area contributed by atoms with Gasteiger partial charge in [0.1, 0.15) is 18.1 Å². The highest BCUT2D eigenvalue weighted by molar-refractivity contribution is 5.96. The van der Waals surface area contributed by atoms with E-state index in [9.17, 15) is 24.0 Å². The van der Waals surface area contributed by atoms with E-state index in [2.05, 4.69) is 25.6 Å². The monoisotopic (exact) mass is 512 g/mol. The van der Waals surface area contributed by atoms with E-state index in [1.807, 2.05) is 5.32 Å². The number of primary amides is 1. The van der Waals surface area contributed by atoms with E-state index in [0.717, 1.165) is 0 Å². The van der Waals surface area contributed by atoms with Crippen molar-refractivity contribution >= 4 is 35.6 Å². The fourth-order valence-corrected chi connectivity index (χ4v) is 2.92. The van der Waals surface area contributed by atoms with E-state index >= 15 is 0 Å². The molecule has 36 heavy (non-hydrogen) atoms. The molecule has 0 spiro atoms. The van der Waals surface area contributed by atoms with Gasteiger partial charge in [-0.1, -0.05) is 0 Å². The average Bonchev–Trinajstić information content (AvgIpc) is 3.30. The zero-order chi connectivity index (χ0) is 27.3. The van der Waals surface area contributed by atoms with Crippen molar-refractivity contribution in [2.24, 2.45) is 27.9 Å². The minimum atomic E-state index is -1.68. The third-order valence-corrected chi connectivity index (χ3v) is 4.75. The number of aliphatic carboxylic acids is 1. The quantitative estimate of drug-likeness (QED) is 0.0566. The number of nitrogens with zero attached hydrogens (tertiary/aromatic N) is 2. The van der Waals surface area contributed by atoms with Crippen LogP contribution in [0.5, 0.6) is 0 Å². The lowest BCUT2D eigenvalue weighted by Gasteiger charge is -2.24. The lowest BCUT2D eigenvalue weighted by atomic mass is 10.1. The van der Waals surface area contributed by atoms with E-state index in [4.69, 9.17) is 33.1 Å². The highest BCUT2D eigenvalue weighted by Crippen LogP contribution is 2.04. The number of aromatic amines is 1. The molecule has 1 rings (SSSR count). The summed E-state index contributed by atoms with van der Waals surface area (Å²) in [5, 5.41) is 24.9. The summed E-state index contributed by atoms with van der Waals surface area (Å²) < 4.78 is 0. The van der Waals surface area contributed by atoms with E-state index in [0.29, 0.717) is 5.69 Å². The first-order valence-electron chi connectivity index (χ1n) is 10.8. The molecule has 0 aliphatic heterocycles. The largest absolute Gasteiger partial charge is 0.480 e. The minimum absolute atomic E-state index is 0.0183. The number of nitrogens with two attached hydrogens (primary N) is 4. The first kappa shape index (κ1) is 29.8. The number of hydrogen-bond donors (Lipinski definition) is 10. The number of guanidine groups is 1. The number of hydrogen-bond acceptors (Lipinski definition) is 9. The molecule has 17 heteroatoms. The van der Waals surface area contributed by atoms with Gasteiger partial charge in [-0.15, -0.1) is 0 Å². The van der Waals surface area contributed by atoms with Crippen molar-refractivity contribution in [1.82, 2.24) is 25.9 Å². The van der Waals surface area contributed by atoms with Crippen LogP contribution in [0.25, 0.3) is 0 Å². The van der Waals surface area contributed by atoms with Gasteiger partial charge in [-0.3, -0.25) is 24.2 Å². The number of H-pyrrole nitrogens is 1. The van der Waals surface area contributed by atoms with Crippen LogP contribution in [0, 0.1) is 0 Å². The number of carbonyl (C=O) groups excluding carboxylic acids is 4. The molecule has 1 aromatic heterocycles. The number of carbonyl (C=O) groups is 5. The smallest absolute Gasteiger partial charge is 0.328 e. The highest BCUT2D eigenvalue weighted by atomic mass is 16.4. The van der Waals surface area contributed by atoms with Gasteiger partial charge in [0.25, 0.3) is 0 Å². The molecule has 0 aliphatic rings. The molecule has 0 saturated heterocycles. The van der Waals surface area contributed by atoms with Crippen LogP contribution in [0.1, 0.15) is 25.0 Å². The fraction of sp³-hybridized carbons (Fsp3) is 0.526. The van der Waals surface area contributed by atoms with E-state index in [1.165, 1.54) is 12.5 Å². The summed E-state index contributed by atoms with van der Waals surface area (Å²) in [5.41, 5.74) is 22.2. The Hall–Kier alpha value is -4.25. The van der Waals surface area contributed by atoms with Gasteiger partial charge >= 0.3 is 5.97 Å². The summed E-state index contributed by atoms with van der Waals surface area (Å²) in [7, 11) is 0. The first-order chi connectivity index (χ1) is 16.9. The van der Waals surface area contributed by atoms with Crippen LogP contribution in [-0.4, -0.2) is 93.1 Å². The lowest BCUT2D eigenvalue weighted by molar-refractivity contribution is -0.143. The maximum atomic E-state index is 13.0. The number of carboxylic acids is 1. The summed E-state index contributed by atoms with van der Waals surface area (Å²) in [5.74, 6) is -5.32. The SMILES string of the molecule is NC(=O)CC(NC(=O)C(CCCN=C(N)N)NC(=O)C(N)Cc1cnc[nH]1)C(=O)NC(CO)C(=O)O. The van der Waals surface area contributed by atoms with Gasteiger partial charge < -0.3 is 54.1 Å². The highest BCUT2D eigenvalue weighted by Gasteiger charge is 2.31. The Balaban J connectivity index is 2.98. The van der Waals surface area contributed by atoms with Crippen LogP contribution in [0.2, 0.25) is 0 Å². The average molecular weight is 513 g/mol. The second-order valence-electron chi connectivity index (χ2n) is 7.71. The molecular formula is C19H32N10O7. The van der Waals surface area contributed by atoms with Crippen molar-refractivity contribution in [3.63, 3.8) is 0 Å². The summed E-state index contributed by atoms with van der Waals surface area (Å²) >= 11 is 0. The van der Waals surface area contributed by atoms with Gasteiger partial charge in [0, 0.05) is 24.9 Å². The molecule has 200 valence electrons. The molecule has 0 aromatic carbocycles. The van der Waals surface area contributed by atoms with Gasteiger partial charge in [0.15, 0.2) is 5.96 Å². The maximum Gasteiger partial charge on any atom is 0.328 e. The normalized spacial score (nSPS) is 13.9. The second kappa shape index (κ2) is 14.9. The topological polar surface area (TPSA) is 307 Å². The summed E-state index contributed by atoms with van der Waals surface area (Å²) in [6, 6.07) is -5.54. The molecule has 0 radical (unpaired) electrons. The van der Waals surface area contributed by atoms with Crippen molar-refractivity contribution in [3.05, 3.63) is 18.2 Å². The van der Waals surface area contributed by atoms with Gasteiger partial charge in [0.05, 0.1) is 25.4 Å². The number of rotatable bonds is 16. The molecule has 0 aliphatic carbocycles. The van der Waals surface area contributed by atoms with Crippen LogP contribution in [0.3, 0.4) is 0 Å². The van der Waals surface area contributed by atoms with Gasteiger partial charge in [-0.2, -0.15) is 0 Å². The molecule has 4 amide bonds. The number of imidazole rings is 1. The van der Waals surface area contributed by atoms with Crippen molar-refractivity contribution in [2.45, 2.75) is 49.9 Å². The predicted octanol–water partition coefficient (Wildman–Crippen LogP) is -5.26. The second-order valence-corrected chi connectivity index (χ2v) is 7.71. The first-order valence-corrected chi connectivity index (χ1v) is 10.8. The molecule has 4 atom stereocenters. The van der Waals surface area contributed by atoms with Crippen molar-refractivity contribution < 1.29 is 34.2 Å². The molecule has 0 fully saturated rings. The summed E-state index contributed by atoms with van der Waals surface area (Å²) in [6.07, 6.45) is 2.57. The Morgan fingerprint density at radius 3 is 2.14 bits per heavy atom. The van der Waals surface area contributed by atoms with E-state index in [1.54, 1.807) is 0 Å². The number of aromatic nitrogens is 2. The Kier molecular flexibility index (Phi) is 12.3. The van der Waals surface area contributed by atoms with Gasteiger partial charge in [0.2, 0.25) is 23.6 Å². The molecule has 0 saturated carbocycles. The standard InChI is InChI=1S/C19H32N10O7/c20-10(4-9-6-24-8-26-9)15(32)27-11(2-1-3-25-19(22)23)16(33)28-12(5-14(21)31)17(34)29-13(7-30)18(35)36/h6,8,10-13,30H,1-5,7,20H2,(H2,21,31)(H,24,26)(H,27,32)(H,28,33)(H,29,34)(H,35,36)(H4,22,23,25). The zero-order valence-electron chi connectivity index (χ0n) is 19.3. The van der Waals surface area contributed by atoms with Crippen LogP contribution in [0.4, 0.5) is 0 Å². The molecule has 0 bridgehead atoms. The fourth-order valence-electron chi connectivity index (χ4n) is 2.92. The van der Waals surface area contributed by atoms with Crippen molar-refractivity contribution in [1.29, 1.82) is 0 Å². The Labute approximate surface area is 205 Å². The van der Waals surface area contributed by atoms with E-state index in [-0.39, 0.29) is 31.8 Å². The summed E-state index contributed by atoms with van der Waals surface area (Å²) in [6.45, 7) is -0.805. The Bertz CT molecular complexity index is 933. The molecule has 17 nitrogen and oxygen atoms in total. The number of aliphatic hydroxyl groups excluding tert-OH is 1. The van der Waals surface area contributed by atoms with Crippen molar-refractivity contribution in [2.75, 3.05) is 13.2 Å². The number of nitrogens with one attached hydrogen (secondary N) is 4. The number of amides is 4. The molecular weight excluding hydrogens is 480 g/mol. The molecule has 4 unspecified atom stereocenters. The minimum Gasteiger partial charge on any atom is -0.480 e. The van der Waals surface area contributed by atoms with Gasteiger partial charge in [-0.25, -0.2) is 9.78 Å².